The molecule has 2 heterocycles. The number of fused-ring (bicyclic) bond motifs is 1. The van der Waals surface area contributed by atoms with E-state index in [1.165, 1.54) is 17.4 Å². The van der Waals surface area contributed by atoms with Gasteiger partial charge in [0.2, 0.25) is 11.8 Å². The Bertz CT molecular complexity index is 1030. The predicted octanol–water partition coefficient (Wildman–Crippen LogP) is 4.45. The van der Waals surface area contributed by atoms with Crippen LogP contribution in [0.1, 0.15) is 22.9 Å². The molecule has 0 aliphatic carbocycles. The second kappa shape index (κ2) is 8.49. The Morgan fingerprint density at radius 1 is 1.03 bits per heavy atom. The van der Waals surface area contributed by atoms with Crippen LogP contribution in [-0.2, 0) is 29.0 Å². The molecule has 3 aromatic rings. The van der Waals surface area contributed by atoms with Crippen LogP contribution in [0.3, 0.4) is 0 Å². The maximum Gasteiger partial charge on any atom is 0.228 e. The number of amides is 2. The van der Waals surface area contributed by atoms with Crippen LogP contribution < -0.4 is 15.5 Å². The Morgan fingerprint density at radius 2 is 1.83 bits per heavy atom. The van der Waals surface area contributed by atoms with Gasteiger partial charge in [-0.05, 0) is 53.3 Å². The van der Waals surface area contributed by atoms with E-state index in [1.807, 2.05) is 53.8 Å². The van der Waals surface area contributed by atoms with Gasteiger partial charge in [-0.3, -0.25) is 9.59 Å². The van der Waals surface area contributed by atoms with E-state index >= 15 is 0 Å². The maximum atomic E-state index is 12.6. The molecule has 1 aliphatic rings. The number of anilines is 3. The first-order valence-corrected chi connectivity index (χ1v) is 10.5. The van der Waals surface area contributed by atoms with Crippen LogP contribution in [0, 0.1) is 0 Å². The molecular formula is C23H23N3O2S. The van der Waals surface area contributed by atoms with Gasteiger partial charge in [-0.2, -0.15) is 0 Å². The lowest BCUT2D eigenvalue weighted by Gasteiger charge is -2.30. The maximum absolute atomic E-state index is 12.6. The third kappa shape index (κ3) is 4.66. The number of thiophene rings is 1. The first kappa shape index (κ1) is 19.2. The average Bonchev–Trinajstić information content (AvgIpc) is 3.17. The summed E-state index contributed by atoms with van der Waals surface area (Å²) in [5.74, 6) is -0.169. The first-order chi connectivity index (χ1) is 14.1. The number of hydrogen-bond donors (Lipinski definition) is 2. The Morgan fingerprint density at radius 3 is 2.62 bits per heavy atom. The lowest BCUT2D eigenvalue weighted by Crippen LogP contribution is -2.30. The highest BCUT2D eigenvalue weighted by Gasteiger charge is 2.20. The minimum absolute atomic E-state index is 0.0574. The van der Waals surface area contributed by atoms with Gasteiger partial charge in [-0.15, -0.1) is 11.3 Å². The average molecular weight is 406 g/mol. The van der Waals surface area contributed by atoms with Crippen molar-refractivity contribution in [3.8, 4) is 0 Å². The van der Waals surface area contributed by atoms with Gasteiger partial charge in [-0.1, -0.05) is 24.3 Å². The van der Waals surface area contributed by atoms with Crippen molar-refractivity contribution in [1.29, 1.82) is 0 Å². The molecule has 2 N–H and O–H groups in total. The summed E-state index contributed by atoms with van der Waals surface area (Å²) in [5, 5.41) is 7.95. The fourth-order valence-electron chi connectivity index (χ4n) is 3.60. The summed E-state index contributed by atoms with van der Waals surface area (Å²) in [6.07, 6.45) is 1.32. The molecule has 0 radical (unpaired) electrons. The zero-order valence-corrected chi connectivity index (χ0v) is 17.1. The normalized spacial score (nSPS) is 12.9. The minimum atomic E-state index is -0.112. The van der Waals surface area contributed by atoms with Gasteiger partial charge in [0.25, 0.3) is 0 Å². The molecule has 4 rings (SSSR count). The van der Waals surface area contributed by atoms with Gasteiger partial charge < -0.3 is 15.5 Å². The highest BCUT2D eigenvalue weighted by molar-refractivity contribution is 7.10. The summed E-state index contributed by atoms with van der Waals surface area (Å²) in [7, 11) is 0. The number of nitrogens with zero attached hydrogens (tertiary/aromatic N) is 1. The molecule has 0 spiro atoms. The van der Waals surface area contributed by atoms with Crippen molar-refractivity contribution in [3.05, 3.63) is 76.0 Å². The van der Waals surface area contributed by atoms with Crippen molar-refractivity contribution in [1.82, 2.24) is 0 Å². The molecule has 148 valence electrons. The summed E-state index contributed by atoms with van der Waals surface area (Å²) in [6.45, 7) is 3.29. The minimum Gasteiger partial charge on any atom is -0.365 e. The Kier molecular flexibility index (Phi) is 5.62. The van der Waals surface area contributed by atoms with Crippen molar-refractivity contribution < 1.29 is 9.59 Å². The van der Waals surface area contributed by atoms with E-state index in [0.29, 0.717) is 0 Å². The summed E-state index contributed by atoms with van der Waals surface area (Å²) in [4.78, 5) is 27.5. The highest BCUT2D eigenvalue weighted by Crippen LogP contribution is 2.32. The Hall–Kier alpha value is -3.12. The standard InChI is InChI=1S/C23H23N3O2S/c1-16(27)24-19-8-6-17(7-9-19)14-23(28)25-20-4-2-3-5-21(20)26-12-10-22-18(15-26)11-13-29-22/h2-9,11,13H,10,12,14-15H2,1H3,(H,24,27)(H,25,28). The molecule has 6 heteroatoms. The molecule has 0 unspecified atom stereocenters. The zero-order valence-electron chi connectivity index (χ0n) is 16.3. The highest BCUT2D eigenvalue weighted by atomic mass is 32.1. The van der Waals surface area contributed by atoms with E-state index in [0.717, 1.165) is 42.1 Å². The van der Waals surface area contributed by atoms with Gasteiger partial charge in [0.05, 0.1) is 17.8 Å². The SMILES string of the molecule is CC(=O)Nc1ccc(CC(=O)Nc2ccccc2N2CCc3sccc3C2)cc1. The molecule has 0 atom stereocenters. The second-order valence-corrected chi connectivity index (χ2v) is 8.16. The monoisotopic (exact) mass is 405 g/mol. The summed E-state index contributed by atoms with van der Waals surface area (Å²) >= 11 is 1.82. The van der Waals surface area contributed by atoms with E-state index in [1.54, 1.807) is 0 Å². The Balaban J connectivity index is 1.43. The molecule has 0 saturated carbocycles. The lowest BCUT2D eigenvalue weighted by molar-refractivity contribution is -0.116. The van der Waals surface area contributed by atoms with Crippen LogP contribution >= 0.6 is 11.3 Å². The molecule has 1 aliphatic heterocycles. The number of carbonyl (C=O) groups is 2. The van der Waals surface area contributed by atoms with Crippen LogP contribution in [0.5, 0.6) is 0 Å². The number of rotatable bonds is 5. The first-order valence-electron chi connectivity index (χ1n) is 9.64. The van der Waals surface area contributed by atoms with E-state index < -0.39 is 0 Å². The number of carbonyl (C=O) groups excluding carboxylic acids is 2. The molecule has 0 bridgehead atoms. The number of para-hydroxylation sites is 2. The topological polar surface area (TPSA) is 61.4 Å². The third-order valence-electron chi connectivity index (χ3n) is 4.97. The van der Waals surface area contributed by atoms with Gasteiger partial charge in [0.15, 0.2) is 0 Å². The number of hydrogen-bond acceptors (Lipinski definition) is 4. The van der Waals surface area contributed by atoms with Crippen LogP contribution in [0.25, 0.3) is 0 Å². The molecule has 0 fully saturated rings. The van der Waals surface area contributed by atoms with Crippen molar-refractivity contribution in [2.24, 2.45) is 0 Å². The van der Waals surface area contributed by atoms with Gasteiger partial charge in [-0.25, -0.2) is 0 Å². The van der Waals surface area contributed by atoms with Crippen LogP contribution in [0.4, 0.5) is 17.1 Å². The van der Waals surface area contributed by atoms with Gasteiger partial charge in [0, 0.05) is 30.6 Å². The van der Waals surface area contributed by atoms with Gasteiger partial charge in [0.1, 0.15) is 0 Å². The van der Waals surface area contributed by atoms with E-state index in [2.05, 4.69) is 33.0 Å². The molecule has 29 heavy (non-hydrogen) atoms. The predicted molar refractivity (Wildman–Crippen MR) is 119 cm³/mol. The summed E-state index contributed by atoms with van der Waals surface area (Å²) in [6, 6.07) is 17.5. The largest absolute Gasteiger partial charge is 0.365 e. The number of nitrogens with one attached hydrogen (secondary N) is 2. The lowest BCUT2D eigenvalue weighted by atomic mass is 10.1. The quantitative estimate of drug-likeness (QED) is 0.659. The van der Waals surface area contributed by atoms with E-state index in [9.17, 15) is 9.59 Å². The molecule has 2 aromatic carbocycles. The Labute approximate surface area is 174 Å². The molecular weight excluding hydrogens is 382 g/mol. The molecule has 2 amide bonds. The van der Waals surface area contributed by atoms with Crippen molar-refractivity contribution in [2.75, 3.05) is 22.1 Å². The third-order valence-corrected chi connectivity index (χ3v) is 5.99. The molecule has 0 saturated heterocycles. The van der Waals surface area contributed by atoms with Crippen molar-refractivity contribution in [3.63, 3.8) is 0 Å². The summed E-state index contributed by atoms with van der Waals surface area (Å²) in [5.41, 5.74) is 4.89. The van der Waals surface area contributed by atoms with Crippen LogP contribution in [0.15, 0.2) is 60.0 Å². The fraction of sp³-hybridized carbons (Fsp3) is 0.217. The van der Waals surface area contributed by atoms with Gasteiger partial charge >= 0.3 is 0 Å². The molecule has 1 aromatic heterocycles. The van der Waals surface area contributed by atoms with Crippen LogP contribution in [-0.4, -0.2) is 18.4 Å². The zero-order chi connectivity index (χ0) is 20.2. The van der Waals surface area contributed by atoms with Crippen LogP contribution in [0.2, 0.25) is 0 Å². The molecule has 5 nitrogen and oxygen atoms in total. The van der Waals surface area contributed by atoms with Crippen molar-refractivity contribution in [2.45, 2.75) is 26.3 Å². The van der Waals surface area contributed by atoms with Crippen molar-refractivity contribution >= 4 is 40.2 Å². The van der Waals surface area contributed by atoms with E-state index in [-0.39, 0.29) is 18.2 Å². The number of benzene rings is 2. The summed E-state index contributed by atoms with van der Waals surface area (Å²) < 4.78 is 0. The fourth-order valence-corrected chi connectivity index (χ4v) is 4.49. The smallest absolute Gasteiger partial charge is 0.228 e. The van der Waals surface area contributed by atoms with E-state index in [4.69, 9.17) is 0 Å². The second-order valence-electron chi connectivity index (χ2n) is 7.16.